The Morgan fingerprint density at radius 3 is 3.00 bits per heavy atom. The van der Waals surface area contributed by atoms with Crippen LogP contribution < -0.4 is 0 Å². The summed E-state index contributed by atoms with van der Waals surface area (Å²) in [6, 6.07) is 8.24. The second kappa shape index (κ2) is 5.81. The highest BCUT2D eigenvalue weighted by molar-refractivity contribution is 9.10. The summed E-state index contributed by atoms with van der Waals surface area (Å²) in [6.07, 6.45) is 3.20. The molecule has 0 spiro atoms. The Morgan fingerprint density at radius 1 is 1.26 bits per heavy atom. The van der Waals surface area contributed by atoms with Crippen molar-refractivity contribution < 1.29 is 0 Å². The predicted octanol–water partition coefficient (Wildman–Crippen LogP) is 4.67. The summed E-state index contributed by atoms with van der Waals surface area (Å²) in [6.45, 7) is 0. The first-order chi connectivity index (χ1) is 9.22. The van der Waals surface area contributed by atoms with Crippen LogP contribution >= 0.6 is 39.3 Å². The molecule has 0 unspecified atom stereocenters. The molecule has 19 heavy (non-hydrogen) atoms. The maximum absolute atomic E-state index is 6.21. The van der Waals surface area contributed by atoms with Gasteiger partial charge in [-0.3, -0.25) is 0 Å². The zero-order chi connectivity index (χ0) is 13.2. The molecule has 98 valence electrons. The molecule has 0 atom stereocenters. The van der Waals surface area contributed by atoms with Gasteiger partial charge in [-0.1, -0.05) is 33.6 Å². The topological polar surface area (TPSA) is 25.8 Å². The quantitative estimate of drug-likeness (QED) is 0.591. The molecule has 0 N–H and O–H groups in total. The second-order valence-corrected chi connectivity index (χ2v) is 6.78. The van der Waals surface area contributed by atoms with E-state index in [-0.39, 0.29) is 0 Å². The number of halogens is 2. The third kappa shape index (κ3) is 3.12. The second-order valence-electron chi connectivity index (χ2n) is 4.46. The molecule has 5 heteroatoms. The summed E-state index contributed by atoms with van der Waals surface area (Å²) in [5.41, 5.74) is 2.29. The van der Waals surface area contributed by atoms with Crippen molar-refractivity contribution in [3.63, 3.8) is 0 Å². The van der Waals surface area contributed by atoms with E-state index in [1.54, 1.807) is 11.8 Å². The van der Waals surface area contributed by atoms with Crippen LogP contribution in [0.4, 0.5) is 0 Å². The van der Waals surface area contributed by atoms with Crippen molar-refractivity contribution in [2.24, 2.45) is 0 Å². The van der Waals surface area contributed by atoms with E-state index in [2.05, 4.69) is 38.0 Å². The van der Waals surface area contributed by atoms with E-state index >= 15 is 0 Å². The van der Waals surface area contributed by atoms with Gasteiger partial charge in [0.15, 0.2) is 0 Å². The summed E-state index contributed by atoms with van der Waals surface area (Å²) in [4.78, 5) is 10.2. The van der Waals surface area contributed by atoms with Crippen molar-refractivity contribution >= 4 is 39.3 Å². The number of nitrogens with zero attached hydrogens (tertiary/aromatic N) is 2. The molecule has 0 fully saturated rings. The lowest BCUT2D eigenvalue weighted by molar-refractivity contribution is 0.893. The predicted molar refractivity (Wildman–Crippen MR) is 82.8 cm³/mol. The highest BCUT2D eigenvalue weighted by Gasteiger charge is 2.18. The van der Waals surface area contributed by atoms with E-state index in [0.717, 1.165) is 46.6 Å². The number of aryl methyl sites for hydroxylation is 1. The molecular formula is C14H12BrClN2S. The minimum absolute atomic E-state index is 0.646. The highest BCUT2D eigenvalue weighted by atomic mass is 79.9. The molecule has 0 amide bonds. The van der Waals surface area contributed by atoms with Gasteiger partial charge in [-0.25, -0.2) is 9.97 Å². The number of hydrogen-bond acceptors (Lipinski definition) is 3. The molecule has 1 aliphatic carbocycles. The Hall–Kier alpha value is -0.580. The third-order valence-corrected chi connectivity index (χ3v) is 4.89. The normalized spacial score (nSPS) is 13.6. The van der Waals surface area contributed by atoms with Gasteiger partial charge in [-0.05, 0) is 37.5 Å². The Morgan fingerprint density at radius 2 is 2.16 bits per heavy atom. The first-order valence-corrected chi connectivity index (χ1v) is 8.30. The summed E-state index contributed by atoms with van der Waals surface area (Å²) >= 11 is 11.4. The molecule has 3 rings (SSSR count). The fourth-order valence-electron chi connectivity index (χ4n) is 2.20. The van der Waals surface area contributed by atoms with E-state index in [9.17, 15) is 0 Å². The molecule has 0 saturated heterocycles. The number of hydrogen-bond donors (Lipinski definition) is 0. The van der Waals surface area contributed by atoms with Crippen LogP contribution in [0.5, 0.6) is 0 Å². The van der Waals surface area contributed by atoms with Gasteiger partial charge in [0, 0.05) is 20.6 Å². The Kier molecular flexibility index (Phi) is 4.10. The molecule has 1 aliphatic rings. The molecule has 0 bridgehead atoms. The maximum atomic E-state index is 6.21. The minimum Gasteiger partial charge on any atom is -0.237 e. The molecule has 0 radical (unpaired) electrons. The van der Waals surface area contributed by atoms with Crippen molar-refractivity contribution in [3.05, 3.63) is 51.0 Å². The molecule has 1 aromatic carbocycles. The molecule has 0 saturated carbocycles. The number of fused-ring (bicyclic) bond motifs is 1. The standard InChI is InChI=1S/C14H12BrClN2S/c15-9-3-1-4-10(7-9)19-8-13-17-12-6-2-5-11(12)14(16)18-13/h1,3-4,7H,2,5-6,8H2. The van der Waals surface area contributed by atoms with Crippen LogP contribution in [0.25, 0.3) is 0 Å². The zero-order valence-corrected chi connectivity index (χ0v) is 13.4. The number of rotatable bonds is 3. The lowest BCUT2D eigenvalue weighted by atomic mass is 10.3. The number of benzene rings is 1. The Labute approximate surface area is 130 Å². The van der Waals surface area contributed by atoms with Gasteiger partial charge in [0.05, 0.1) is 5.75 Å². The van der Waals surface area contributed by atoms with Crippen molar-refractivity contribution in [1.82, 2.24) is 9.97 Å². The Bertz CT molecular complexity index is 618. The van der Waals surface area contributed by atoms with E-state index in [0.29, 0.717) is 5.15 Å². The molecule has 1 heterocycles. The van der Waals surface area contributed by atoms with E-state index in [1.807, 2.05) is 12.1 Å². The number of aromatic nitrogens is 2. The summed E-state index contributed by atoms with van der Waals surface area (Å²) < 4.78 is 1.09. The van der Waals surface area contributed by atoms with Crippen LogP contribution in [-0.4, -0.2) is 9.97 Å². The first kappa shape index (κ1) is 13.4. The molecule has 1 aromatic heterocycles. The summed E-state index contributed by atoms with van der Waals surface area (Å²) in [5, 5.41) is 0.646. The van der Waals surface area contributed by atoms with Gasteiger partial charge in [0.25, 0.3) is 0 Å². The first-order valence-electron chi connectivity index (χ1n) is 6.15. The fourth-order valence-corrected chi connectivity index (χ4v) is 3.87. The Balaban J connectivity index is 1.76. The molecular weight excluding hydrogens is 344 g/mol. The van der Waals surface area contributed by atoms with Crippen molar-refractivity contribution in [1.29, 1.82) is 0 Å². The summed E-state index contributed by atoms with van der Waals surface area (Å²) in [5.74, 6) is 1.58. The van der Waals surface area contributed by atoms with Gasteiger partial charge >= 0.3 is 0 Å². The van der Waals surface area contributed by atoms with Gasteiger partial charge in [-0.15, -0.1) is 11.8 Å². The number of thioether (sulfide) groups is 1. The SMILES string of the molecule is Clc1nc(CSc2cccc(Br)c2)nc2c1CCC2. The van der Waals surface area contributed by atoms with E-state index in [4.69, 9.17) is 11.6 Å². The van der Waals surface area contributed by atoms with Gasteiger partial charge in [-0.2, -0.15) is 0 Å². The fraction of sp³-hybridized carbons (Fsp3) is 0.286. The van der Waals surface area contributed by atoms with Crippen LogP contribution in [0.2, 0.25) is 5.15 Å². The highest BCUT2D eigenvalue weighted by Crippen LogP contribution is 2.29. The van der Waals surface area contributed by atoms with E-state index in [1.165, 1.54) is 4.90 Å². The van der Waals surface area contributed by atoms with Crippen molar-refractivity contribution in [3.8, 4) is 0 Å². The van der Waals surface area contributed by atoms with Crippen LogP contribution in [0.3, 0.4) is 0 Å². The molecule has 0 aliphatic heterocycles. The zero-order valence-electron chi connectivity index (χ0n) is 10.2. The largest absolute Gasteiger partial charge is 0.237 e. The monoisotopic (exact) mass is 354 g/mol. The average Bonchev–Trinajstić information content (AvgIpc) is 2.85. The lowest BCUT2D eigenvalue weighted by Gasteiger charge is -2.06. The minimum atomic E-state index is 0.646. The third-order valence-electron chi connectivity index (χ3n) is 3.09. The van der Waals surface area contributed by atoms with Crippen LogP contribution in [0.15, 0.2) is 33.6 Å². The van der Waals surface area contributed by atoms with Gasteiger partial charge in [0.2, 0.25) is 0 Å². The van der Waals surface area contributed by atoms with E-state index < -0.39 is 0 Å². The van der Waals surface area contributed by atoms with Gasteiger partial charge in [0.1, 0.15) is 11.0 Å². The van der Waals surface area contributed by atoms with Crippen LogP contribution in [0, 0.1) is 0 Å². The van der Waals surface area contributed by atoms with Gasteiger partial charge < -0.3 is 0 Å². The maximum Gasteiger partial charge on any atom is 0.140 e. The van der Waals surface area contributed by atoms with Crippen LogP contribution in [0.1, 0.15) is 23.5 Å². The lowest BCUT2D eigenvalue weighted by Crippen LogP contribution is -1.99. The van der Waals surface area contributed by atoms with Crippen molar-refractivity contribution in [2.45, 2.75) is 29.9 Å². The molecule has 2 aromatic rings. The average molecular weight is 356 g/mol. The van der Waals surface area contributed by atoms with Crippen molar-refractivity contribution in [2.75, 3.05) is 0 Å². The van der Waals surface area contributed by atoms with Crippen LogP contribution in [-0.2, 0) is 18.6 Å². The summed E-state index contributed by atoms with van der Waals surface area (Å²) in [7, 11) is 0. The smallest absolute Gasteiger partial charge is 0.140 e. The molecule has 2 nitrogen and oxygen atoms in total.